The number of piperazine rings is 1. The summed E-state index contributed by atoms with van der Waals surface area (Å²) in [5.74, 6) is -5.76. The van der Waals surface area contributed by atoms with Crippen molar-refractivity contribution in [1.82, 2.24) is 14.7 Å². The fourth-order valence-corrected chi connectivity index (χ4v) is 4.70. The Balaban J connectivity index is 0.000000812. The van der Waals surface area contributed by atoms with E-state index in [4.69, 9.17) is 25.5 Å². The van der Waals surface area contributed by atoms with Crippen molar-refractivity contribution in [3.8, 4) is 0 Å². The van der Waals surface area contributed by atoms with Gasteiger partial charge >= 0.3 is 36.6 Å². The van der Waals surface area contributed by atoms with Crippen molar-refractivity contribution >= 4 is 17.8 Å². The Morgan fingerprint density at radius 1 is 0.654 bits per heavy atom. The van der Waals surface area contributed by atoms with Crippen molar-refractivity contribution in [2.75, 3.05) is 59.9 Å². The number of hydrogen-bond acceptors (Lipinski definition) is 6. The predicted molar refractivity (Wildman–Crippen MR) is 161 cm³/mol. The molecule has 0 radical (unpaired) electrons. The first-order chi connectivity index (χ1) is 23.6. The van der Waals surface area contributed by atoms with Crippen LogP contribution < -0.4 is 5.73 Å². The van der Waals surface area contributed by atoms with Gasteiger partial charge in [0.15, 0.2) is 0 Å². The molecule has 2 aromatic carbocycles. The minimum absolute atomic E-state index is 0.0579. The number of carbonyl (C=O) groups excluding carboxylic acids is 1. The van der Waals surface area contributed by atoms with Gasteiger partial charge in [0.1, 0.15) is 0 Å². The minimum Gasteiger partial charge on any atom is -0.475 e. The van der Waals surface area contributed by atoms with Crippen LogP contribution in [0.4, 0.5) is 52.7 Å². The van der Waals surface area contributed by atoms with E-state index >= 15 is 0 Å². The van der Waals surface area contributed by atoms with Gasteiger partial charge in [-0.3, -0.25) is 9.69 Å². The lowest BCUT2D eigenvalue weighted by molar-refractivity contribution is -0.193. The van der Waals surface area contributed by atoms with Crippen molar-refractivity contribution in [2.45, 2.75) is 37.5 Å². The molecule has 0 unspecified atom stereocenters. The Morgan fingerprint density at radius 2 is 0.981 bits per heavy atom. The smallest absolute Gasteiger partial charge is 0.475 e. The highest BCUT2D eigenvalue weighted by Gasteiger charge is 2.42. The van der Waals surface area contributed by atoms with Gasteiger partial charge < -0.3 is 25.7 Å². The molecule has 1 aliphatic rings. The molecule has 0 bridgehead atoms. The number of alkyl halides is 12. The summed E-state index contributed by atoms with van der Waals surface area (Å²) in [7, 11) is 3.97. The fraction of sp³-hybridized carbons (Fsp3) is 0.516. The van der Waals surface area contributed by atoms with Crippen molar-refractivity contribution in [1.29, 1.82) is 0 Å². The third kappa shape index (κ3) is 15.2. The second kappa shape index (κ2) is 18.6. The van der Waals surface area contributed by atoms with E-state index in [-0.39, 0.29) is 25.3 Å². The van der Waals surface area contributed by atoms with Crippen LogP contribution in [0.2, 0.25) is 0 Å². The second-order valence-electron chi connectivity index (χ2n) is 11.8. The quantitative estimate of drug-likeness (QED) is 0.289. The number of carboxylic acid groups (broad SMARTS) is 2. The van der Waals surface area contributed by atoms with Crippen LogP contribution in [0.1, 0.15) is 22.3 Å². The molecule has 1 amide bonds. The van der Waals surface area contributed by atoms with Crippen LogP contribution in [0, 0.1) is 5.41 Å². The van der Waals surface area contributed by atoms with Crippen LogP contribution in [-0.4, -0.2) is 115 Å². The predicted octanol–water partition coefficient (Wildman–Crippen LogP) is 5.43. The number of nitrogens with zero attached hydrogens (tertiary/aromatic N) is 3. The van der Waals surface area contributed by atoms with Gasteiger partial charge in [-0.25, -0.2) is 9.59 Å². The molecule has 1 aliphatic heterocycles. The number of hydrogen-bond donors (Lipinski definition) is 3. The van der Waals surface area contributed by atoms with Crippen LogP contribution in [0.3, 0.4) is 0 Å². The first-order valence-electron chi connectivity index (χ1n) is 14.9. The number of aliphatic carboxylic acids is 2. The van der Waals surface area contributed by atoms with Gasteiger partial charge in [-0.15, -0.1) is 0 Å². The Morgan fingerprint density at radius 3 is 1.23 bits per heavy atom. The number of nitrogens with two attached hydrogens (primary N) is 1. The minimum atomic E-state index is -5.08. The number of rotatable bonds is 9. The summed E-state index contributed by atoms with van der Waals surface area (Å²) >= 11 is 0. The van der Waals surface area contributed by atoms with Crippen LogP contribution in [0.25, 0.3) is 0 Å². The highest BCUT2D eigenvalue weighted by molar-refractivity contribution is 5.84. The first-order valence-corrected chi connectivity index (χ1v) is 14.9. The standard InChI is InChI=1S/C27H34F6N4O.2C2HF3O2/c1-35(2)11-12-36-13-15-37(16-14-36)24(38)25(19-34,17-20-3-7-22(8-4-20)26(28,29)30)18-21-5-9-23(10-6-21)27(31,32)33;2*3-2(4,5)1(6)7/h3-10H,11-19,34H2,1-2H3;2*(H,6,7). The largest absolute Gasteiger partial charge is 0.490 e. The molecule has 21 heteroatoms. The molecule has 9 nitrogen and oxygen atoms in total. The van der Waals surface area contributed by atoms with Gasteiger partial charge in [0.25, 0.3) is 0 Å². The lowest BCUT2D eigenvalue weighted by atomic mass is 9.75. The van der Waals surface area contributed by atoms with Crippen molar-refractivity contribution < 1.29 is 77.3 Å². The van der Waals surface area contributed by atoms with E-state index in [1.165, 1.54) is 24.3 Å². The summed E-state index contributed by atoms with van der Waals surface area (Å²) in [6, 6.07) is 9.15. The molecular weight excluding hydrogens is 736 g/mol. The van der Waals surface area contributed by atoms with E-state index in [0.29, 0.717) is 37.3 Å². The van der Waals surface area contributed by atoms with E-state index in [9.17, 15) is 57.5 Å². The molecule has 0 atom stereocenters. The lowest BCUT2D eigenvalue weighted by Crippen LogP contribution is -2.56. The number of carbonyl (C=O) groups is 3. The molecule has 0 aromatic heterocycles. The maximum atomic E-state index is 13.9. The van der Waals surface area contributed by atoms with E-state index in [2.05, 4.69) is 9.80 Å². The molecular formula is C31H36F12N4O5. The molecule has 1 fully saturated rings. The molecule has 52 heavy (non-hydrogen) atoms. The Bertz CT molecular complexity index is 1350. The van der Waals surface area contributed by atoms with Gasteiger partial charge in [0.05, 0.1) is 16.5 Å². The maximum Gasteiger partial charge on any atom is 0.490 e. The maximum absolute atomic E-state index is 13.9. The summed E-state index contributed by atoms with van der Waals surface area (Å²) < 4.78 is 142. The average molecular weight is 773 g/mol. The zero-order valence-corrected chi connectivity index (χ0v) is 27.6. The molecule has 1 heterocycles. The van der Waals surface area contributed by atoms with E-state index in [1.807, 2.05) is 14.1 Å². The zero-order valence-electron chi connectivity index (χ0n) is 27.6. The molecule has 294 valence electrons. The van der Waals surface area contributed by atoms with Gasteiger partial charge in [-0.1, -0.05) is 24.3 Å². The molecule has 0 aliphatic carbocycles. The first kappa shape index (κ1) is 45.9. The SMILES string of the molecule is CN(C)CCN1CCN(C(=O)C(CN)(Cc2ccc(C(F)(F)F)cc2)Cc2ccc(C(F)(F)F)cc2)CC1.O=C(O)C(F)(F)F.O=C(O)C(F)(F)F. The molecule has 0 saturated carbocycles. The summed E-state index contributed by atoms with van der Waals surface area (Å²) in [5.41, 5.74) is 4.34. The summed E-state index contributed by atoms with van der Waals surface area (Å²) in [6.45, 7) is 3.88. The van der Waals surface area contributed by atoms with Crippen LogP contribution in [0.15, 0.2) is 48.5 Å². The molecule has 0 spiro atoms. The number of carboxylic acids is 2. The van der Waals surface area contributed by atoms with Crippen LogP contribution >= 0.6 is 0 Å². The summed E-state index contributed by atoms with van der Waals surface area (Å²) in [4.78, 5) is 37.8. The topological polar surface area (TPSA) is 127 Å². The van der Waals surface area contributed by atoms with Gasteiger partial charge in [0.2, 0.25) is 5.91 Å². The third-order valence-electron chi connectivity index (χ3n) is 7.50. The Hall–Kier alpha value is -4.11. The molecule has 3 rings (SSSR count). The summed E-state index contributed by atoms with van der Waals surface area (Å²) in [6.07, 6.45) is -19.0. The highest BCUT2D eigenvalue weighted by Crippen LogP contribution is 2.35. The fourth-order valence-electron chi connectivity index (χ4n) is 4.70. The normalized spacial score (nSPS) is 14.6. The Labute approximate surface area is 289 Å². The van der Waals surface area contributed by atoms with Gasteiger partial charge in [-0.05, 0) is 62.3 Å². The van der Waals surface area contributed by atoms with Crippen molar-refractivity contribution in [3.63, 3.8) is 0 Å². The van der Waals surface area contributed by atoms with Crippen LogP contribution in [-0.2, 0) is 39.6 Å². The van der Waals surface area contributed by atoms with Gasteiger partial charge in [-0.2, -0.15) is 52.7 Å². The van der Waals surface area contributed by atoms with E-state index in [0.717, 1.165) is 37.4 Å². The second-order valence-corrected chi connectivity index (χ2v) is 11.8. The van der Waals surface area contributed by atoms with E-state index in [1.54, 1.807) is 4.90 Å². The molecule has 4 N–H and O–H groups in total. The van der Waals surface area contributed by atoms with Gasteiger partial charge in [0, 0.05) is 45.8 Å². The number of likely N-dealkylation sites (N-methyl/N-ethyl adjacent to an activating group) is 1. The van der Waals surface area contributed by atoms with Crippen molar-refractivity contribution in [2.24, 2.45) is 11.1 Å². The highest BCUT2D eigenvalue weighted by atomic mass is 19.4. The van der Waals surface area contributed by atoms with Crippen molar-refractivity contribution in [3.05, 3.63) is 70.8 Å². The monoisotopic (exact) mass is 772 g/mol. The number of amides is 1. The average Bonchev–Trinajstić information content (AvgIpc) is 3.02. The lowest BCUT2D eigenvalue weighted by Gasteiger charge is -2.41. The number of halogens is 12. The zero-order chi connectivity index (χ0) is 40.3. The Kier molecular flexibility index (Phi) is 16.4. The molecule has 1 saturated heterocycles. The summed E-state index contributed by atoms with van der Waals surface area (Å²) in [5, 5.41) is 14.2. The third-order valence-corrected chi connectivity index (χ3v) is 7.50. The number of benzene rings is 2. The van der Waals surface area contributed by atoms with E-state index < -0.39 is 53.2 Å². The molecule has 2 aromatic rings. The van der Waals surface area contributed by atoms with Crippen LogP contribution in [0.5, 0.6) is 0 Å².